The number of methoxy groups -OCH3 is 1. The highest BCUT2D eigenvalue weighted by Crippen LogP contribution is 2.19. The Labute approximate surface area is 104 Å². The zero-order valence-corrected chi connectivity index (χ0v) is 10.6. The highest BCUT2D eigenvalue weighted by atomic mass is 19.4. The monoisotopic (exact) mass is 268 g/mol. The third-order valence-electron chi connectivity index (χ3n) is 3.08. The SMILES string of the molecule is COC1CCN(C(=O)CNCC(F)(F)F)C(C)C1. The number of hydrogen-bond acceptors (Lipinski definition) is 3. The molecule has 0 spiro atoms. The second-order valence-corrected chi connectivity index (χ2v) is 4.54. The van der Waals surface area contributed by atoms with Crippen molar-refractivity contribution >= 4 is 5.91 Å². The molecular weight excluding hydrogens is 249 g/mol. The Bertz CT molecular complexity index is 284. The van der Waals surface area contributed by atoms with Gasteiger partial charge in [-0.1, -0.05) is 0 Å². The molecule has 7 heteroatoms. The van der Waals surface area contributed by atoms with Gasteiger partial charge in [-0.15, -0.1) is 0 Å². The Kier molecular flexibility index (Phi) is 5.40. The average Bonchev–Trinajstić information content (AvgIpc) is 2.26. The molecule has 2 atom stereocenters. The molecule has 18 heavy (non-hydrogen) atoms. The second kappa shape index (κ2) is 6.38. The number of hydrogen-bond donors (Lipinski definition) is 1. The lowest BCUT2D eigenvalue weighted by atomic mass is 10.0. The summed E-state index contributed by atoms with van der Waals surface area (Å²) in [5, 5.41) is 2.12. The number of halogens is 3. The molecule has 4 nitrogen and oxygen atoms in total. The molecule has 0 aliphatic carbocycles. The Balaban J connectivity index is 2.34. The first-order chi connectivity index (χ1) is 8.33. The minimum Gasteiger partial charge on any atom is -0.381 e. The van der Waals surface area contributed by atoms with Crippen LogP contribution in [0.25, 0.3) is 0 Å². The molecule has 1 saturated heterocycles. The molecule has 1 aliphatic rings. The first-order valence-electron chi connectivity index (χ1n) is 5.93. The summed E-state index contributed by atoms with van der Waals surface area (Å²) in [4.78, 5) is 13.4. The molecule has 1 rings (SSSR count). The van der Waals surface area contributed by atoms with Gasteiger partial charge >= 0.3 is 6.18 Å². The number of nitrogens with one attached hydrogen (secondary N) is 1. The molecule has 1 fully saturated rings. The summed E-state index contributed by atoms with van der Waals surface area (Å²) >= 11 is 0. The lowest BCUT2D eigenvalue weighted by Crippen LogP contribution is -2.50. The third kappa shape index (κ3) is 4.81. The van der Waals surface area contributed by atoms with Crippen molar-refractivity contribution in [1.29, 1.82) is 0 Å². The molecule has 106 valence electrons. The Morgan fingerprint density at radius 3 is 2.67 bits per heavy atom. The quantitative estimate of drug-likeness (QED) is 0.832. The summed E-state index contributed by atoms with van der Waals surface area (Å²) in [5.74, 6) is -0.290. The van der Waals surface area contributed by atoms with Crippen LogP contribution in [0, 0.1) is 0 Å². The van der Waals surface area contributed by atoms with Crippen LogP contribution < -0.4 is 5.32 Å². The molecule has 0 bridgehead atoms. The lowest BCUT2D eigenvalue weighted by Gasteiger charge is -2.37. The summed E-state index contributed by atoms with van der Waals surface area (Å²) in [6.07, 6.45) is -2.70. The molecule has 0 aromatic rings. The van der Waals surface area contributed by atoms with E-state index in [1.54, 1.807) is 12.0 Å². The number of carbonyl (C=O) groups excluding carboxylic acids is 1. The van der Waals surface area contributed by atoms with Crippen molar-refractivity contribution in [2.24, 2.45) is 0 Å². The molecule has 1 aliphatic heterocycles. The largest absolute Gasteiger partial charge is 0.401 e. The molecule has 0 aromatic carbocycles. The van der Waals surface area contributed by atoms with Gasteiger partial charge in [0, 0.05) is 19.7 Å². The highest BCUT2D eigenvalue weighted by Gasteiger charge is 2.30. The number of carbonyl (C=O) groups is 1. The maximum Gasteiger partial charge on any atom is 0.401 e. The van der Waals surface area contributed by atoms with Crippen molar-refractivity contribution in [3.63, 3.8) is 0 Å². The third-order valence-corrected chi connectivity index (χ3v) is 3.08. The number of amides is 1. The van der Waals surface area contributed by atoms with E-state index in [1.165, 1.54) is 0 Å². The molecule has 2 unspecified atom stereocenters. The van der Waals surface area contributed by atoms with Crippen molar-refractivity contribution in [2.45, 2.75) is 38.1 Å². The van der Waals surface area contributed by atoms with E-state index in [9.17, 15) is 18.0 Å². The Morgan fingerprint density at radius 1 is 1.50 bits per heavy atom. The fourth-order valence-corrected chi connectivity index (χ4v) is 2.13. The normalized spacial score (nSPS) is 25.3. The van der Waals surface area contributed by atoms with Gasteiger partial charge in [0.05, 0.1) is 19.2 Å². The van der Waals surface area contributed by atoms with Crippen LogP contribution in [0.15, 0.2) is 0 Å². The van der Waals surface area contributed by atoms with Crippen molar-refractivity contribution in [2.75, 3.05) is 26.7 Å². The molecular formula is C11H19F3N2O2. The van der Waals surface area contributed by atoms with Gasteiger partial charge in [-0.2, -0.15) is 13.2 Å². The van der Waals surface area contributed by atoms with Crippen LogP contribution in [0.1, 0.15) is 19.8 Å². The number of nitrogens with zero attached hydrogens (tertiary/aromatic N) is 1. The summed E-state index contributed by atoms with van der Waals surface area (Å²) < 4.78 is 41.0. The minimum atomic E-state index is -4.28. The van der Waals surface area contributed by atoms with Crippen LogP contribution in [-0.4, -0.2) is 55.9 Å². The van der Waals surface area contributed by atoms with Crippen molar-refractivity contribution in [3.8, 4) is 0 Å². The summed E-state index contributed by atoms with van der Waals surface area (Å²) in [6.45, 7) is 1.00. The smallest absolute Gasteiger partial charge is 0.381 e. The van der Waals surface area contributed by atoms with E-state index in [4.69, 9.17) is 4.74 Å². The van der Waals surface area contributed by atoms with Crippen LogP contribution in [0.4, 0.5) is 13.2 Å². The van der Waals surface area contributed by atoms with Crippen LogP contribution in [-0.2, 0) is 9.53 Å². The van der Waals surface area contributed by atoms with Gasteiger partial charge in [-0.05, 0) is 19.8 Å². The van der Waals surface area contributed by atoms with Crippen LogP contribution in [0.3, 0.4) is 0 Å². The molecule has 1 amide bonds. The summed E-state index contributed by atoms with van der Waals surface area (Å²) in [7, 11) is 1.62. The number of piperidine rings is 1. The number of alkyl halides is 3. The fourth-order valence-electron chi connectivity index (χ4n) is 2.13. The maximum atomic E-state index is 11.9. The number of likely N-dealkylation sites (tertiary alicyclic amines) is 1. The summed E-state index contributed by atoms with van der Waals surface area (Å²) in [6, 6.07) is 0.00360. The maximum absolute atomic E-state index is 11.9. The van der Waals surface area contributed by atoms with Gasteiger partial charge in [-0.3, -0.25) is 4.79 Å². The van der Waals surface area contributed by atoms with Crippen LogP contribution in [0.5, 0.6) is 0 Å². The van der Waals surface area contributed by atoms with E-state index < -0.39 is 12.7 Å². The standard InChI is InChI=1S/C11H19F3N2O2/c1-8-5-9(18-2)3-4-16(8)10(17)6-15-7-11(12,13)14/h8-9,15H,3-7H2,1-2H3. The molecule has 0 saturated carbocycles. The van der Waals surface area contributed by atoms with Crippen molar-refractivity contribution in [1.82, 2.24) is 10.2 Å². The second-order valence-electron chi connectivity index (χ2n) is 4.54. The highest BCUT2D eigenvalue weighted by molar-refractivity contribution is 5.78. The molecule has 0 aromatic heterocycles. The fraction of sp³-hybridized carbons (Fsp3) is 0.909. The number of ether oxygens (including phenoxy) is 1. The lowest BCUT2D eigenvalue weighted by molar-refractivity contribution is -0.138. The van der Waals surface area contributed by atoms with E-state index >= 15 is 0 Å². The zero-order valence-electron chi connectivity index (χ0n) is 10.6. The van der Waals surface area contributed by atoms with Crippen molar-refractivity contribution < 1.29 is 22.7 Å². The predicted molar refractivity (Wildman–Crippen MR) is 60.1 cm³/mol. The Hall–Kier alpha value is -0.820. The van der Waals surface area contributed by atoms with E-state index in [-0.39, 0.29) is 24.6 Å². The number of rotatable bonds is 4. The first-order valence-corrected chi connectivity index (χ1v) is 5.93. The van der Waals surface area contributed by atoms with Crippen molar-refractivity contribution in [3.05, 3.63) is 0 Å². The van der Waals surface area contributed by atoms with Gasteiger partial charge < -0.3 is 15.0 Å². The summed E-state index contributed by atoms with van der Waals surface area (Å²) in [5.41, 5.74) is 0. The van der Waals surface area contributed by atoms with E-state index in [0.29, 0.717) is 6.54 Å². The van der Waals surface area contributed by atoms with Crippen LogP contribution in [0.2, 0.25) is 0 Å². The van der Waals surface area contributed by atoms with E-state index in [2.05, 4.69) is 5.32 Å². The van der Waals surface area contributed by atoms with Gasteiger partial charge in [0.2, 0.25) is 5.91 Å². The topological polar surface area (TPSA) is 41.6 Å². The van der Waals surface area contributed by atoms with Gasteiger partial charge in [0.1, 0.15) is 0 Å². The van der Waals surface area contributed by atoms with Gasteiger partial charge in [0.15, 0.2) is 0 Å². The predicted octanol–water partition coefficient (Wildman–Crippen LogP) is 1.16. The molecule has 1 heterocycles. The Morgan fingerprint density at radius 2 is 2.17 bits per heavy atom. The minimum absolute atomic E-state index is 0.00360. The first kappa shape index (κ1) is 15.2. The van der Waals surface area contributed by atoms with Crippen LogP contribution >= 0.6 is 0 Å². The molecule has 1 N–H and O–H groups in total. The van der Waals surface area contributed by atoms with E-state index in [0.717, 1.165) is 12.8 Å². The van der Waals surface area contributed by atoms with E-state index in [1.807, 2.05) is 6.92 Å². The van der Waals surface area contributed by atoms with Gasteiger partial charge in [-0.25, -0.2) is 0 Å². The van der Waals surface area contributed by atoms with Gasteiger partial charge in [0.25, 0.3) is 0 Å². The zero-order chi connectivity index (χ0) is 13.8. The average molecular weight is 268 g/mol. The molecule has 0 radical (unpaired) electrons.